The molecule has 144 valence electrons. The maximum Gasteiger partial charge on any atom is 0.163 e. The van der Waals surface area contributed by atoms with Crippen LogP contribution in [-0.2, 0) is 6.42 Å². The number of anilines is 2. The summed E-state index contributed by atoms with van der Waals surface area (Å²) < 4.78 is 19.4. The molecule has 5 rings (SSSR count). The van der Waals surface area contributed by atoms with Gasteiger partial charge < -0.3 is 9.64 Å². The number of nitrogens with zero attached hydrogens (tertiary/aromatic N) is 4. The van der Waals surface area contributed by atoms with E-state index >= 15 is 0 Å². The smallest absolute Gasteiger partial charge is 0.163 e. The summed E-state index contributed by atoms with van der Waals surface area (Å²) in [5.41, 5.74) is 3.64. The summed E-state index contributed by atoms with van der Waals surface area (Å²) in [5.74, 6) is 1.96. The average molecular weight is 386 g/mol. The third-order valence-corrected chi connectivity index (χ3v) is 5.07. The summed E-state index contributed by atoms with van der Waals surface area (Å²) in [6, 6.07) is 14.6. The van der Waals surface area contributed by atoms with E-state index in [1.54, 1.807) is 18.5 Å². The number of hydrogen-bond acceptors (Lipinski definition) is 5. The molecule has 3 heterocycles. The Morgan fingerprint density at radius 3 is 2.86 bits per heavy atom. The van der Waals surface area contributed by atoms with E-state index in [2.05, 4.69) is 9.88 Å². The van der Waals surface area contributed by atoms with Crippen LogP contribution in [0.2, 0.25) is 0 Å². The van der Waals surface area contributed by atoms with Crippen LogP contribution >= 0.6 is 0 Å². The largest absolute Gasteiger partial charge is 0.494 e. The summed E-state index contributed by atoms with van der Waals surface area (Å²) >= 11 is 0. The first-order chi connectivity index (χ1) is 14.2. The first kappa shape index (κ1) is 17.6. The van der Waals surface area contributed by atoms with Crippen molar-refractivity contribution in [2.45, 2.75) is 13.3 Å². The lowest BCUT2D eigenvalue weighted by atomic mass is 10.1. The van der Waals surface area contributed by atoms with Gasteiger partial charge in [0.15, 0.2) is 5.82 Å². The van der Waals surface area contributed by atoms with E-state index in [-0.39, 0.29) is 5.82 Å². The average Bonchev–Trinajstić information content (AvgIpc) is 3.16. The van der Waals surface area contributed by atoms with Crippen molar-refractivity contribution < 1.29 is 9.13 Å². The molecule has 0 radical (unpaired) electrons. The molecule has 0 spiro atoms. The second kappa shape index (κ2) is 7.13. The van der Waals surface area contributed by atoms with Crippen molar-refractivity contribution in [2.24, 2.45) is 0 Å². The van der Waals surface area contributed by atoms with Crippen LogP contribution < -0.4 is 9.64 Å². The Bertz CT molecular complexity index is 1200. The molecule has 0 atom stereocenters. The second-order valence-corrected chi connectivity index (χ2v) is 6.90. The lowest BCUT2D eigenvalue weighted by Crippen LogP contribution is -2.16. The first-order valence-corrected chi connectivity index (χ1v) is 9.64. The van der Waals surface area contributed by atoms with Gasteiger partial charge in [-0.25, -0.2) is 14.4 Å². The van der Waals surface area contributed by atoms with Crippen molar-refractivity contribution in [1.82, 2.24) is 15.0 Å². The number of benzene rings is 2. The number of fused-ring (bicyclic) bond motifs is 2. The maximum atomic E-state index is 13.7. The second-order valence-electron chi connectivity index (χ2n) is 6.90. The molecule has 1 aliphatic rings. The van der Waals surface area contributed by atoms with Crippen molar-refractivity contribution in [3.8, 4) is 17.1 Å². The maximum absolute atomic E-state index is 13.7. The van der Waals surface area contributed by atoms with Gasteiger partial charge >= 0.3 is 0 Å². The Kier molecular flexibility index (Phi) is 4.31. The molecule has 2 aromatic carbocycles. The van der Waals surface area contributed by atoms with Gasteiger partial charge in [0.05, 0.1) is 12.1 Å². The fourth-order valence-electron chi connectivity index (χ4n) is 3.77. The van der Waals surface area contributed by atoms with Crippen LogP contribution in [0.4, 0.5) is 15.9 Å². The van der Waals surface area contributed by atoms with Crippen LogP contribution in [-0.4, -0.2) is 28.1 Å². The highest BCUT2D eigenvalue weighted by molar-refractivity contribution is 5.94. The van der Waals surface area contributed by atoms with E-state index in [1.807, 2.05) is 43.3 Å². The zero-order valence-electron chi connectivity index (χ0n) is 16.0. The lowest BCUT2D eigenvalue weighted by Gasteiger charge is -2.21. The molecule has 5 nitrogen and oxygen atoms in total. The standard InChI is InChI=1S/C23H19FN4O/c1-2-29-18-6-7-20-19(13-18)23(27-22(26-20)16-4-3-10-25-14-16)28-11-9-15-12-17(24)5-8-21(15)28/h3-8,10,12-14H,2,9,11H2,1H3. The topological polar surface area (TPSA) is 51.1 Å². The van der Waals surface area contributed by atoms with E-state index in [9.17, 15) is 4.39 Å². The molecule has 0 amide bonds. The molecule has 4 aromatic rings. The van der Waals surface area contributed by atoms with Crippen molar-refractivity contribution >= 4 is 22.4 Å². The highest BCUT2D eigenvalue weighted by Gasteiger charge is 2.25. The van der Waals surface area contributed by atoms with E-state index in [0.29, 0.717) is 12.4 Å². The Hall–Kier alpha value is -3.54. The van der Waals surface area contributed by atoms with Crippen LogP contribution in [0, 0.1) is 5.82 Å². The third-order valence-electron chi connectivity index (χ3n) is 5.07. The van der Waals surface area contributed by atoms with Crippen LogP contribution in [0.25, 0.3) is 22.3 Å². The molecule has 2 aromatic heterocycles. The van der Waals surface area contributed by atoms with Gasteiger partial charge in [0.1, 0.15) is 17.4 Å². The highest BCUT2D eigenvalue weighted by Crippen LogP contribution is 2.39. The van der Waals surface area contributed by atoms with E-state index in [4.69, 9.17) is 14.7 Å². The van der Waals surface area contributed by atoms with Crippen LogP contribution in [0.5, 0.6) is 5.75 Å². The molecule has 0 N–H and O–H groups in total. The van der Waals surface area contributed by atoms with Gasteiger partial charge in [-0.05, 0) is 67.4 Å². The summed E-state index contributed by atoms with van der Waals surface area (Å²) in [6.07, 6.45) is 4.25. The predicted octanol–water partition coefficient (Wildman–Crippen LogP) is 4.92. The van der Waals surface area contributed by atoms with Gasteiger partial charge in [0.25, 0.3) is 0 Å². The SMILES string of the molecule is CCOc1ccc2nc(-c3cccnc3)nc(N3CCc4cc(F)ccc43)c2c1. The molecule has 0 fully saturated rings. The molecular weight excluding hydrogens is 367 g/mol. The molecule has 0 aliphatic carbocycles. The quantitative estimate of drug-likeness (QED) is 0.498. The number of pyridine rings is 1. The highest BCUT2D eigenvalue weighted by atomic mass is 19.1. The summed E-state index contributed by atoms with van der Waals surface area (Å²) in [5, 5.41) is 0.903. The Balaban J connectivity index is 1.73. The Morgan fingerprint density at radius 2 is 2.03 bits per heavy atom. The van der Waals surface area contributed by atoms with E-state index < -0.39 is 0 Å². The minimum Gasteiger partial charge on any atom is -0.494 e. The van der Waals surface area contributed by atoms with Gasteiger partial charge in [-0.1, -0.05) is 0 Å². The number of halogens is 1. The van der Waals surface area contributed by atoms with Gasteiger partial charge in [0, 0.05) is 35.6 Å². The summed E-state index contributed by atoms with van der Waals surface area (Å²) in [7, 11) is 0. The van der Waals surface area contributed by atoms with Gasteiger partial charge in [-0.2, -0.15) is 0 Å². The van der Waals surface area contributed by atoms with Crippen LogP contribution in [0.3, 0.4) is 0 Å². The molecular formula is C23H19FN4O. The normalized spacial score (nSPS) is 13.0. The van der Waals surface area contributed by atoms with Gasteiger partial charge in [0.2, 0.25) is 0 Å². The molecule has 0 bridgehead atoms. The van der Waals surface area contributed by atoms with Gasteiger partial charge in [-0.15, -0.1) is 0 Å². The number of aromatic nitrogens is 3. The van der Waals surface area contributed by atoms with Crippen molar-refractivity contribution in [1.29, 1.82) is 0 Å². The lowest BCUT2D eigenvalue weighted by molar-refractivity contribution is 0.340. The fraction of sp³-hybridized carbons (Fsp3) is 0.174. The molecule has 0 saturated carbocycles. The third kappa shape index (κ3) is 3.16. The van der Waals surface area contributed by atoms with E-state index in [1.165, 1.54) is 6.07 Å². The molecule has 29 heavy (non-hydrogen) atoms. The zero-order valence-corrected chi connectivity index (χ0v) is 16.0. The summed E-state index contributed by atoms with van der Waals surface area (Å²) in [4.78, 5) is 16.0. The molecule has 0 unspecified atom stereocenters. The van der Waals surface area contributed by atoms with Gasteiger partial charge in [-0.3, -0.25) is 4.98 Å². The van der Waals surface area contributed by atoms with Crippen LogP contribution in [0.15, 0.2) is 60.9 Å². The summed E-state index contributed by atoms with van der Waals surface area (Å²) in [6.45, 7) is 3.27. The molecule has 0 saturated heterocycles. The number of rotatable bonds is 4. The number of hydrogen-bond donors (Lipinski definition) is 0. The van der Waals surface area contributed by atoms with E-state index in [0.717, 1.165) is 52.3 Å². The van der Waals surface area contributed by atoms with Crippen molar-refractivity contribution in [3.63, 3.8) is 0 Å². The number of ether oxygens (including phenoxy) is 1. The molecule has 6 heteroatoms. The van der Waals surface area contributed by atoms with Crippen LogP contribution in [0.1, 0.15) is 12.5 Å². The predicted molar refractivity (Wildman–Crippen MR) is 111 cm³/mol. The Morgan fingerprint density at radius 1 is 1.10 bits per heavy atom. The van der Waals surface area contributed by atoms with Crippen molar-refractivity contribution in [2.75, 3.05) is 18.1 Å². The Labute approximate surface area is 167 Å². The molecule has 1 aliphatic heterocycles. The minimum atomic E-state index is -0.215. The first-order valence-electron chi connectivity index (χ1n) is 9.64. The monoisotopic (exact) mass is 386 g/mol. The zero-order chi connectivity index (χ0) is 19.8. The fourth-order valence-corrected chi connectivity index (χ4v) is 3.77. The van der Waals surface area contributed by atoms with Crippen molar-refractivity contribution in [3.05, 3.63) is 72.3 Å². The minimum absolute atomic E-state index is 0.215.